The van der Waals surface area contributed by atoms with Gasteiger partial charge in [-0.3, -0.25) is 10.1 Å². The second-order valence-electron chi connectivity index (χ2n) is 5.79. The summed E-state index contributed by atoms with van der Waals surface area (Å²) < 4.78 is 0. The molecule has 1 fully saturated rings. The molecule has 1 aliphatic rings. The first-order valence-corrected chi connectivity index (χ1v) is 6.40. The Morgan fingerprint density at radius 1 is 1.35 bits per heavy atom. The highest BCUT2D eigenvalue weighted by atomic mass is 16.8. The van der Waals surface area contributed by atoms with E-state index in [1.54, 1.807) is 5.06 Å². The van der Waals surface area contributed by atoms with Crippen molar-refractivity contribution in [3.8, 4) is 6.07 Å². The molecular weight excluding hydrogens is 258 g/mol. The van der Waals surface area contributed by atoms with Crippen LogP contribution in [0.15, 0.2) is 30.3 Å². The van der Waals surface area contributed by atoms with Gasteiger partial charge in [0.2, 0.25) is 0 Å². The Hall–Kier alpha value is -1.97. The lowest BCUT2D eigenvalue weighted by Gasteiger charge is -2.34. The van der Waals surface area contributed by atoms with Crippen LogP contribution in [0.1, 0.15) is 32.4 Å². The number of nitrogens with zero attached hydrogens (tertiary/aromatic N) is 3. The Morgan fingerprint density at radius 2 is 1.95 bits per heavy atom. The van der Waals surface area contributed by atoms with Gasteiger partial charge in [0.05, 0.1) is 17.0 Å². The van der Waals surface area contributed by atoms with Gasteiger partial charge in [-0.25, -0.2) is 4.84 Å². The molecule has 0 unspecified atom stereocenters. The Bertz CT molecular complexity index is 533. The van der Waals surface area contributed by atoms with E-state index < -0.39 is 28.6 Å². The fourth-order valence-corrected chi connectivity index (χ4v) is 2.42. The third-order valence-electron chi connectivity index (χ3n) is 3.28. The molecule has 20 heavy (non-hydrogen) atoms. The summed E-state index contributed by atoms with van der Waals surface area (Å²) in [4.78, 5) is 16.1. The molecule has 3 atom stereocenters. The van der Waals surface area contributed by atoms with E-state index in [4.69, 9.17) is 4.84 Å². The number of hydrogen-bond acceptors (Lipinski definition) is 5. The molecule has 2 rings (SSSR count). The van der Waals surface area contributed by atoms with Crippen molar-refractivity contribution in [1.82, 2.24) is 5.06 Å². The van der Waals surface area contributed by atoms with Crippen LogP contribution in [0, 0.1) is 27.4 Å². The average molecular weight is 275 g/mol. The molecule has 1 aromatic rings. The molecule has 1 aromatic carbocycles. The Morgan fingerprint density at radius 3 is 2.40 bits per heavy atom. The Labute approximate surface area is 117 Å². The zero-order chi connectivity index (χ0) is 14.9. The van der Waals surface area contributed by atoms with Gasteiger partial charge in [0.15, 0.2) is 5.92 Å². The van der Waals surface area contributed by atoms with Crippen molar-refractivity contribution >= 4 is 0 Å². The minimum atomic E-state index is -1.33. The summed E-state index contributed by atoms with van der Waals surface area (Å²) in [5, 5.41) is 22.0. The molecule has 0 spiro atoms. The number of hydroxylamine groups is 2. The SMILES string of the molecule is CC(C)(C)N1O[C@@H]([N+](=O)[O-])[C@H](C#N)[C@@H]1c1ccccc1. The predicted molar refractivity (Wildman–Crippen MR) is 71.7 cm³/mol. The Balaban J connectivity index is 2.47. The Kier molecular flexibility index (Phi) is 3.75. The predicted octanol–water partition coefficient (Wildman–Crippen LogP) is 2.52. The fourth-order valence-electron chi connectivity index (χ4n) is 2.42. The number of nitriles is 1. The maximum Gasteiger partial charge on any atom is 0.348 e. The van der Waals surface area contributed by atoms with Crippen molar-refractivity contribution in [2.75, 3.05) is 0 Å². The van der Waals surface area contributed by atoms with Crippen molar-refractivity contribution in [2.24, 2.45) is 5.92 Å². The molecular formula is C14H17N3O3. The zero-order valence-electron chi connectivity index (χ0n) is 11.7. The molecule has 106 valence electrons. The fraction of sp³-hybridized carbons (Fsp3) is 0.500. The minimum absolute atomic E-state index is 0.444. The molecule has 6 nitrogen and oxygen atoms in total. The quantitative estimate of drug-likeness (QED) is 0.612. The molecule has 0 aliphatic carbocycles. The van der Waals surface area contributed by atoms with Crippen molar-refractivity contribution in [3.63, 3.8) is 0 Å². The second kappa shape index (κ2) is 5.19. The van der Waals surface area contributed by atoms with Crippen molar-refractivity contribution in [3.05, 3.63) is 46.0 Å². The summed E-state index contributed by atoms with van der Waals surface area (Å²) in [6.45, 7) is 5.71. The van der Waals surface area contributed by atoms with E-state index in [2.05, 4.69) is 0 Å². The minimum Gasteiger partial charge on any atom is -0.262 e. The molecule has 0 aromatic heterocycles. The van der Waals surface area contributed by atoms with Crippen LogP contribution in [0.3, 0.4) is 0 Å². The van der Waals surface area contributed by atoms with Gasteiger partial charge in [0, 0.05) is 5.54 Å². The molecule has 1 saturated heterocycles. The molecule has 1 heterocycles. The molecule has 0 amide bonds. The first kappa shape index (κ1) is 14.4. The van der Waals surface area contributed by atoms with E-state index >= 15 is 0 Å². The van der Waals surface area contributed by atoms with Crippen molar-refractivity contribution in [1.29, 1.82) is 5.26 Å². The molecule has 1 aliphatic heterocycles. The highest BCUT2D eigenvalue weighted by Crippen LogP contribution is 2.43. The van der Waals surface area contributed by atoms with Gasteiger partial charge >= 0.3 is 6.23 Å². The summed E-state index contributed by atoms with van der Waals surface area (Å²) in [7, 11) is 0. The highest BCUT2D eigenvalue weighted by molar-refractivity contribution is 5.23. The third-order valence-corrected chi connectivity index (χ3v) is 3.28. The van der Waals surface area contributed by atoms with E-state index in [0.29, 0.717) is 0 Å². The van der Waals surface area contributed by atoms with Gasteiger partial charge < -0.3 is 0 Å². The molecule has 0 bridgehead atoms. The van der Waals surface area contributed by atoms with Crippen LogP contribution in [-0.4, -0.2) is 21.8 Å². The first-order valence-electron chi connectivity index (χ1n) is 6.40. The van der Waals surface area contributed by atoms with Crippen LogP contribution in [0.5, 0.6) is 0 Å². The normalized spacial score (nSPS) is 27.2. The van der Waals surface area contributed by atoms with E-state index in [-0.39, 0.29) is 0 Å². The van der Waals surface area contributed by atoms with E-state index in [1.807, 2.05) is 57.2 Å². The van der Waals surface area contributed by atoms with Gasteiger partial charge in [0.25, 0.3) is 0 Å². The van der Waals surface area contributed by atoms with Crippen LogP contribution >= 0.6 is 0 Å². The smallest absolute Gasteiger partial charge is 0.262 e. The summed E-state index contributed by atoms with van der Waals surface area (Å²) in [6.07, 6.45) is -1.33. The van der Waals surface area contributed by atoms with Crippen molar-refractivity contribution < 1.29 is 9.76 Å². The summed E-state index contributed by atoms with van der Waals surface area (Å²) >= 11 is 0. The average Bonchev–Trinajstić information content (AvgIpc) is 2.79. The van der Waals surface area contributed by atoms with E-state index in [0.717, 1.165) is 5.56 Å². The maximum atomic E-state index is 11.1. The topological polar surface area (TPSA) is 79.4 Å². The van der Waals surface area contributed by atoms with Gasteiger partial charge in [-0.15, -0.1) is 0 Å². The lowest BCUT2D eigenvalue weighted by molar-refractivity contribution is -0.591. The maximum absolute atomic E-state index is 11.1. The number of nitro groups is 1. The number of hydrogen-bond donors (Lipinski definition) is 0. The van der Waals surface area contributed by atoms with Crippen LogP contribution < -0.4 is 0 Å². The second-order valence-corrected chi connectivity index (χ2v) is 5.79. The third kappa shape index (κ3) is 2.50. The van der Waals surface area contributed by atoms with Crippen LogP contribution in [0.4, 0.5) is 0 Å². The molecule has 0 radical (unpaired) electrons. The molecule has 0 saturated carbocycles. The van der Waals surface area contributed by atoms with E-state index in [1.165, 1.54) is 0 Å². The van der Waals surface area contributed by atoms with Gasteiger partial charge in [0.1, 0.15) is 0 Å². The largest absolute Gasteiger partial charge is 0.348 e. The zero-order valence-corrected chi connectivity index (χ0v) is 11.7. The van der Waals surface area contributed by atoms with Crippen LogP contribution in [0.25, 0.3) is 0 Å². The lowest BCUT2D eigenvalue weighted by atomic mass is 9.91. The standard InChI is InChI=1S/C14H17N3O3/c1-14(2,3)16-12(10-7-5-4-6-8-10)11(9-15)13(20-16)17(18)19/h4-8,11-13H,1-3H3/t11-,12+,13-/m1/s1. The summed E-state index contributed by atoms with van der Waals surface area (Å²) in [6, 6.07) is 10.9. The summed E-state index contributed by atoms with van der Waals surface area (Å²) in [5.41, 5.74) is 0.402. The van der Waals surface area contributed by atoms with Crippen LogP contribution in [-0.2, 0) is 4.84 Å². The number of rotatable bonds is 2. The van der Waals surface area contributed by atoms with Crippen LogP contribution in [0.2, 0.25) is 0 Å². The summed E-state index contributed by atoms with van der Waals surface area (Å²) in [5.74, 6) is -0.841. The molecule has 6 heteroatoms. The van der Waals surface area contributed by atoms with Crippen molar-refractivity contribution in [2.45, 2.75) is 38.6 Å². The molecule has 0 N–H and O–H groups in total. The van der Waals surface area contributed by atoms with Gasteiger partial charge in [-0.05, 0) is 26.3 Å². The van der Waals surface area contributed by atoms with E-state index in [9.17, 15) is 15.4 Å². The number of benzene rings is 1. The van der Waals surface area contributed by atoms with Gasteiger partial charge in [-0.2, -0.15) is 10.3 Å². The van der Waals surface area contributed by atoms with Gasteiger partial charge in [-0.1, -0.05) is 30.3 Å². The first-order chi connectivity index (χ1) is 9.36. The highest BCUT2D eigenvalue weighted by Gasteiger charge is 2.54. The lowest BCUT2D eigenvalue weighted by Crippen LogP contribution is -2.41. The monoisotopic (exact) mass is 275 g/mol.